The molecule has 3 nitrogen and oxygen atoms in total. The molecule has 0 amide bonds. The molecule has 0 aromatic carbocycles. The van der Waals surface area contributed by atoms with Gasteiger partial charge in [0.15, 0.2) is 0 Å². The first-order chi connectivity index (χ1) is 11.5. The summed E-state index contributed by atoms with van der Waals surface area (Å²) in [5.74, 6) is 0. The molecular formula is C21H26O3. The Balaban J connectivity index is 4.60. The molecule has 0 fully saturated rings. The van der Waals surface area contributed by atoms with Crippen LogP contribution in [0, 0.1) is 0 Å². The zero-order valence-corrected chi connectivity index (χ0v) is 14.9. The van der Waals surface area contributed by atoms with Crippen molar-refractivity contribution in [2.24, 2.45) is 0 Å². The van der Waals surface area contributed by atoms with Crippen molar-refractivity contribution in [3.05, 3.63) is 83.1 Å². The molecule has 0 bridgehead atoms. The highest BCUT2D eigenvalue weighted by atomic mass is 16.5. The van der Waals surface area contributed by atoms with E-state index in [0.717, 1.165) is 23.7 Å². The van der Waals surface area contributed by atoms with Crippen LogP contribution >= 0.6 is 0 Å². The smallest absolute Gasteiger partial charge is 0.148 e. The lowest BCUT2D eigenvalue weighted by Crippen LogP contribution is -1.94. The molecule has 0 heterocycles. The highest BCUT2D eigenvalue weighted by Crippen LogP contribution is 2.00. The molecule has 0 rings (SSSR count). The van der Waals surface area contributed by atoms with Crippen molar-refractivity contribution in [3.63, 3.8) is 0 Å². The van der Waals surface area contributed by atoms with E-state index < -0.39 is 0 Å². The van der Waals surface area contributed by atoms with Gasteiger partial charge in [0.25, 0.3) is 0 Å². The van der Waals surface area contributed by atoms with Gasteiger partial charge in [-0.15, -0.1) is 0 Å². The third-order valence-electron chi connectivity index (χ3n) is 2.87. The summed E-state index contributed by atoms with van der Waals surface area (Å²) in [4.78, 5) is 21.2. The van der Waals surface area contributed by atoms with Gasteiger partial charge in [-0.3, -0.25) is 9.59 Å². The Kier molecular flexibility index (Phi) is 12.6. The quantitative estimate of drug-likeness (QED) is 0.338. The van der Waals surface area contributed by atoms with Crippen LogP contribution < -0.4 is 0 Å². The number of ether oxygens (including phenoxy) is 1. The molecule has 0 radical (unpaired) electrons. The van der Waals surface area contributed by atoms with Crippen LogP contribution in [0.25, 0.3) is 0 Å². The molecule has 0 saturated carbocycles. The van der Waals surface area contributed by atoms with E-state index in [-0.39, 0.29) is 0 Å². The van der Waals surface area contributed by atoms with E-state index in [1.54, 1.807) is 26.2 Å². The summed E-state index contributed by atoms with van der Waals surface area (Å²) in [6.07, 6.45) is 20.5. The van der Waals surface area contributed by atoms with Crippen LogP contribution in [0.2, 0.25) is 0 Å². The van der Waals surface area contributed by atoms with Crippen molar-refractivity contribution < 1.29 is 14.3 Å². The lowest BCUT2D eigenvalue weighted by Gasteiger charge is -1.94. The van der Waals surface area contributed by atoms with Gasteiger partial charge in [0.05, 0.1) is 6.61 Å². The Morgan fingerprint density at radius 3 is 1.67 bits per heavy atom. The van der Waals surface area contributed by atoms with E-state index in [1.807, 2.05) is 62.5 Å². The minimum atomic E-state index is 0.315. The van der Waals surface area contributed by atoms with Gasteiger partial charge < -0.3 is 4.74 Å². The van der Waals surface area contributed by atoms with Crippen molar-refractivity contribution in [2.45, 2.75) is 20.8 Å². The first-order valence-electron chi connectivity index (χ1n) is 7.66. The molecule has 0 aromatic heterocycles. The lowest BCUT2D eigenvalue weighted by atomic mass is 10.2. The third-order valence-corrected chi connectivity index (χ3v) is 2.87. The van der Waals surface area contributed by atoms with E-state index >= 15 is 0 Å². The Morgan fingerprint density at radius 1 is 0.708 bits per heavy atom. The van der Waals surface area contributed by atoms with Crippen molar-refractivity contribution in [3.8, 4) is 0 Å². The zero-order chi connectivity index (χ0) is 18.2. The zero-order valence-electron chi connectivity index (χ0n) is 14.9. The number of allylic oxidation sites excluding steroid dienone is 13. The van der Waals surface area contributed by atoms with Gasteiger partial charge >= 0.3 is 0 Å². The SMILES string of the molecule is COC\C(C=O)=C/C=C/C(C)=C/C=C/C=C(C)/C=C/C=C(\C)C=O. The maximum atomic E-state index is 10.7. The van der Waals surface area contributed by atoms with Crippen molar-refractivity contribution in [2.75, 3.05) is 13.7 Å². The van der Waals surface area contributed by atoms with Crippen LogP contribution in [-0.2, 0) is 14.3 Å². The number of rotatable bonds is 10. The van der Waals surface area contributed by atoms with Crippen molar-refractivity contribution in [1.29, 1.82) is 0 Å². The van der Waals surface area contributed by atoms with Crippen LogP contribution in [0.1, 0.15) is 20.8 Å². The monoisotopic (exact) mass is 326 g/mol. The Hall–Kier alpha value is -2.52. The molecule has 0 aromatic rings. The number of aldehydes is 2. The molecule has 128 valence electrons. The maximum absolute atomic E-state index is 10.7. The van der Waals surface area contributed by atoms with Crippen LogP contribution in [0.15, 0.2) is 83.1 Å². The van der Waals surface area contributed by atoms with Crippen molar-refractivity contribution >= 4 is 12.6 Å². The summed E-state index contributed by atoms with van der Waals surface area (Å²) in [6.45, 7) is 6.05. The second-order valence-corrected chi connectivity index (χ2v) is 5.25. The van der Waals surface area contributed by atoms with Crippen LogP contribution in [-0.4, -0.2) is 26.3 Å². The normalized spacial score (nSPS) is 15.0. The second-order valence-electron chi connectivity index (χ2n) is 5.25. The van der Waals surface area contributed by atoms with Crippen molar-refractivity contribution in [1.82, 2.24) is 0 Å². The number of hydrogen-bond acceptors (Lipinski definition) is 3. The third kappa shape index (κ3) is 12.1. The number of carbonyl (C=O) groups excluding carboxylic acids is 2. The molecule has 0 atom stereocenters. The average molecular weight is 326 g/mol. The molecular weight excluding hydrogens is 300 g/mol. The molecule has 0 saturated heterocycles. The van der Waals surface area contributed by atoms with Gasteiger partial charge in [0.1, 0.15) is 12.6 Å². The van der Waals surface area contributed by atoms with Gasteiger partial charge in [-0.05, 0) is 26.3 Å². The van der Waals surface area contributed by atoms with Gasteiger partial charge in [-0.25, -0.2) is 0 Å². The molecule has 0 spiro atoms. The van der Waals surface area contributed by atoms with Crippen LogP contribution in [0.3, 0.4) is 0 Å². The standard InChI is InChI=1S/C21H26O3/c1-18(11-7-13-20(3)15-22)9-5-6-10-19(2)12-8-14-21(16-23)17-24-4/h5-16H,17H2,1-4H3/b6-5+,11-7+,12-8+,18-9+,19-10+,20-13+,21-14-. The number of carbonyl (C=O) groups is 2. The summed E-state index contributed by atoms with van der Waals surface area (Å²) in [6, 6.07) is 0. The van der Waals surface area contributed by atoms with E-state index in [1.165, 1.54) is 0 Å². The summed E-state index contributed by atoms with van der Waals surface area (Å²) in [5.41, 5.74) is 3.44. The van der Waals surface area contributed by atoms with Gasteiger partial charge in [0, 0.05) is 12.7 Å². The highest BCUT2D eigenvalue weighted by molar-refractivity contribution is 5.74. The fraction of sp³-hybridized carbons (Fsp3) is 0.238. The van der Waals surface area contributed by atoms with Gasteiger partial charge in [-0.2, -0.15) is 0 Å². The molecule has 0 aliphatic heterocycles. The maximum Gasteiger partial charge on any atom is 0.148 e. The van der Waals surface area contributed by atoms with E-state index in [0.29, 0.717) is 17.8 Å². The fourth-order valence-corrected chi connectivity index (χ4v) is 1.53. The van der Waals surface area contributed by atoms with E-state index in [9.17, 15) is 9.59 Å². The number of methoxy groups -OCH3 is 1. The Morgan fingerprint density at radius 2 is 1.21 bits per heavy atom. The second kappa shape index (κ2) is 14.1. The summed E-state index contributed by atoms with van der Waals surface area (Å²) in [5, 5.41) is 0. The first kappa shape index (κ1) is 21.5. The molecule has 3 heteroatoms. The lowest BCUT2D eigenvalue weighted by molar-refractivity contribution is -0.105. The average Bonchev–Trinajstić information content (AvgIpc) is 2.57. The summed E-state index contributed by atoms with van der Waals surface area (Å²) < 4.78 is 4.91. The van der Waals surface area contributed by atoms with Crippen LogP contribution in [0.4, 0.5) is 0 Å². The van der Waals surface area contributed by atoms with E-state index in [2.05, 4.69) is 0 Å². The number of hydrogen-bond donors (Lipinski definition) is 0. The Labute approximate surface area is 145 Å². The Bertz CT molecular complexity index is 609. The first-order valence-corrected chi connectivity index (χ1v) is 7.66. The van der Waals surface area contributed by atoms with Gasteiger partial charge in [0.2, 0.25) is 0 Å². The predicted molar refractivity (Wildman–Crippen MR) is 101 cm³/mol. The minimum absolute atomic E-state index is 0.315. The molecule has 0 N–H and O–H groups in total. The summed E-state index contributed by atoms with van der Waals surface area (Å²) >= 11 is 0. The summed E-state index contributed by atoms with van der Waals surface area (Å²) in [7, 11) is 1.56. The molecule has 0 unspecified atom stereocenters. The fourth-order valence-electron chi connectivity index (χ4n) is 1.53. The molecule has 24 heavy (non-hydrogen) atoms. The van der Waals surface area contributed by atoms with Crippen LogP contribution in [0.5, 0.6) is 0 Å². The highest BCUT2D eigenvalue weighted by Gasteiger charge is 1.90. The topological polar surface area (TPSA) is 43.4 Å². The largest absolute Gasteiger partial charge is 0.380 e. The van der Waals surface area contributed by atoms with Gasteiger partial charge in [-0.1, -0.05) is 71.9 Å². The molecule has 0 aliphatic carbocycles. The van der Waals surface area contributed by atoms with E-state index in [4.69, 9.17) is 4.74 Å². The predicted octanol–water partition coefficient (Wildman–Crippen LogP) is 4.46. The molecule has 0 aliphatic rings. The minimum Gasteiger partial charge on any atom is -0.380 e.